The highest BCUT2D eigenvalue weighted by atomic mass is 16.6. The van der Waals surface area contributed by atoms with E-state index in [2.05, 4.69) is 0 Å². The highest BCUT2D eigenvalue weighted by Crippen LogP contribution is 2.22. The van der Waals surface area contributed by atoms with Crippen LogP contribution in [0.25, 0.3) is 0 Å². The summed E-state index contributed by atoms with van der Waals surface area (Å²) in [6, 6.07) is 0. The van der Waals surface area contributed by atoms with Crippen LogP contribution in [0, 0.1) is 0 Å². The molecule has 2 unspecified atom stereocenters. The number of ether oxygens (including phenoxy) is 3. The Morgan fingerprint density at radius 1 is 1.42 bits per heavy atom. The number of carbonyl (C=O) groups excluding carboxylic acids is 1. The summed E-state index contributed by atoms with van der Waals surface area (Å²) in [5.41, 5.74) is 4.64. The molecule has 0 aliphatic carbocycles. The Bertz CT molecular complexity index is 310. The molecule has 19 heavy (non-hydrogen) atoms. The molecule has 2 N–H and O–H groups in total. The van der Waals surface area contributed by atoms with E-state index in [9.17, 15) is 4.79 Å². The van der Waals surface area contributed by atoms with Gasteiger partial charge in [0.15, 0.2) is 0 Å². The molecule has 2 atom stereocenters. The molecule has 0 saturated carbocycles. The number of nitrogens with two attached hydrogens (primary N) is 1. The first-order chi connectivity index (χ1) is 8.72. The first kappa shape index (κ1) is 16.2. The zero-order valence-corrected chi connectivity index (χ0v) is 12.6. The average molecular weight is 274 g/mol. The van der Waals surface area contributed by atoms with Gasteiger partial charge in [-0.3, -0.25) is 0 Å². The maximum Gasteiger partial charge on any atom is 0.410 e. The van der Waals surface area contributed by atoms with E-state index < -0.39 is 11.2 Å². The van der Waals surface area contributed by atoms with Crippen molar-refractivity contribution in [2.24, 2.45) is 5.73 Å². The second kappa shape index (κ2) is 6.07. The van der Waals surface area contributed by atoms with Crippen molar-refractivity contribution in [3.8, 4) is 0 Å². The van der Waals surface area contributed by atoms with Crippen LogP contribution >= 0.6 is 0 Å². The first-order valence-corrected chi connectivity index (χ1v) is 6.56. The van der Waals surface area contributed by atoms with E-state index in [-0.39, 0.29) is 12.2 Å². The molecule has 0 aromatic heterocycles. The van der Waals surface area contributed by atoms with Crippen LogP contribution in [0.2, 0.25) is 0 Å². The van der Waals surface area contributed by atoms with Crippen molar-refractivity contribution in [3.63, 3.8) is 0 Å². The van der Waals surface area contributed by atoms with Gasteiger partial charge in [0.2, 0.25) is 0 Å². The summed E-state index contributed by atoms with van der Waals surface area (Å²) in [5, 5.41) is 0. The van der Waals surface area contributed by atoms with Gasteiger partial charge in [0.25, 0.3) is 0 Å². The Balaban J connectivity index is 2.67. The predicted molar refractivity (Wildman–Crippen MR) is 72.0 cm³/mol. The molecule has 1 heterocycles. The molecule has 1 rings (SSSR count). The summed E-state index contributed by atoms with van der Waals surface area (Å²) in [6.07, 6.45) is -0.569. The molecular weight excluding hydrogens is 248 g/mol. The Morgan fingerprint density at radius 2 is 2.05 bits per heavy atom. The molecule has 0 aromatic carbocycles. The van der Waals surface area contributed by atoms with Crippen LogP contribution in [-0.4, -0.2) is 61.7 Å². The molecule has 1 aliphatic rings. The third-order valence-corrected chi connectivity index (χ3v) is 3.27. The van der Waals surface area contributed by atoms with Crippen LogP contribution in [0.5, 0.6) is 0 Å². The predicted octanol–water partition coefficient (Wildman–Crippen LogP) is 0.986. The monoisotopic (exact) mass is 274 g/mol. The van der Waals surface area contributed by atoms with Gasteiger partial charge in [-0.05, 0) is 27.7 Å². The molecule has 1 aliphatic heterocycles. The van der Waals surface area contributed by atoms with Gasteiger partial charge in [0, 0.05) is 20.2 Å². The fraction of sp³-hybridized carbons (Fsp3) is 0.923. The van der Waals surface area contributed by atoms with Gasteiger partial charge in [-0.2, -0.15) is 0 Å². The Labute approximate surface area is 115 Å². The summed E-state index contributed by atoms with van der Waals surface area (Å²) in [7, 11) is 1.60. The minimum absolute atomic E-state index is 0.247. The van der Waals surface area contributed by atoms with Gasteiger partial charge in [0.05, 0.1) is 13.2 Å². The number of hydrogen-bond donors (Lipinski definition) is 1. The Kier molecular flexibility index (Phi) is 5.18. The van der Waals surface area contributed by atoms with E-state index in [4.69, 9.17) is 19.9 Å². The smallest absolute Gasteiger partial charge is 0.410 e. The van der Waals surface area contributed by atoms with Gasteiger partial charge in [-0.25, -0.2) is 4.79 Å². The van der Waals surface area contributed by atoms with Crippen molar-refractivity contribution in [3.05, 3.63) is 0 Å². The van der Waals surface area contributed by atoms with Crippen LogP contribution in [-0.2, 0) is 14.2 Å². The Morgan fingerprint density at radius 3 is 2.53 bits per heavy atom. The average Bonchev–Trinajstić information content (AvgIpc) is 2.36. The van der Waals surface area contributed by atoms with Crippen molar-refractivity contribution in [1.29, 1.82) is 0 Å². The second-order valence-electron chi connectivity index (χ2n) is 6.01. The fourth-order valence-corrected chi connectivity index (χ4v) is 1.86. The first-order valence-electron chi connectivity index (χ1n) is 6.56. The molecule has 0 spiro atoms. The van der Waals surface area contributed by atoms with Crippen LogP contribution in [0.4, 0.5) is 4.79 Å². The number of methoxy groups -OCH3 is 1. The quantitative estimate of drug-likeness (QED) is 0.830. The standard InChI is InChI=1S/C13H26N2O4/c1-12(2,3)19-11(16)15-6-7-18-10(8-15)13(4,9-14)17-5/h10H,6-9,14H2,1-5H3. The largest absolute Gasteiger partial charge is 0.444 e. The van der Waals surface area contributed by atoms with Gasteiger partial charge in [-0.15, -0.1) is 0 Å². The van der Waals surface area contributed by atoms with Crippen molar-refractivity contribution in [2.45, 2.75) is 45.0 Å². The van der Waals surface area contributed by atoms with Gasteiger partial charge < -0.3 is 24.8 Å². The maximum absolute atomic E-state index is 12.0. The van der Waals surface area contributed by atoms with Crippen molar-refractivity contribution in [1.82, 2.24) is 4.90 Å². The Hall–Kier alpha value is -0.850. The van der Waals surface area contributed by atoms with Crippen molar-refractivity contribution in [2.75, 3.05) is 33.4 Å². The molecule has 0 radical (unpaired) electrons. The normalized spacial score (nSPS) is 23.9. The van der Waals surface area contributed by atoms with E-state index in [1.54, 1.807) is 12.0 Å². The molecule has 1 fully saturated rings. The van der Waals surface area contributed by atoms with Crippen molar-refractivity contribution < 1.29 is 19.0 Å². The van der Waals surface area contributed by atoms with E-state index in [1.165, 1.54) is 0 Å². The highest BCUT2D eigenvalue weighted by Gasteiger charge is 2.39. The van der Waals surface area contributed by atoms with Crippen LogP contribution < -0.4 is 5.73 Å². The fourth-order valence-electron chi connectivity index (χ4n) is 1.86. The minimum Gasteiger partial charge on any atom is -0.444 e. The molecule has 112 valence electrons. The molecule has 6 heteroatoms. The lowest BCUT2D eigenvalue weighted by molar-refractivity contribution is -0.144. The van der Waals surface area contributed by atoms with Crippen LogP contribution in [0.3, 0.4) is 0 Å². The number of morpholine rings is 1. The van der Waals surface area contributed by atoms with Gasteiger partial charge in [0.1, 0.15) is 17.3 Å². The molecule has 6 nitrogen and oxygen atoms in total. The van der Waals surface area contributed by atoms with Crippen LogP contribution in [0.1, 0.15) is 27.7 Å². The third-order valence-electron chi connectivity index (χ3n) is 3.27. The summed E-state index contributed by atoms with van der Waals surface area (Å²) in [5.74, 6) is 0. The SMILES string of the molecule is COC(C)(CN)C1CN(C(=O)OC(C)(C)C)CCO1. The summed E-state index contributed by atoms with van der Waals surface area (Å²) < 4.78 is 16.5. The number of carbonyl (C=O) groups is 1. The van der Waals surface area contributed by atoms with Gasteiger partial charge >= 0.3 is 6.09 Å². The third kappa shape index (κ3) is 4.33. The molecule has 1 amide bonds. The van der Waals surface area contributed by atoms with Crippen LogP contribution in [0.15, 0.2) is 0 Å². The number of nitrogens with zero attached hydrogens (tertiary/aromatic N) is 1. The molecule has 1 saturated heterocycles. The zero-order valence-electron chi connectivity index (χ0n) is 12.6. The van der Waals surface area contributed by atoms with Crippen molar-refractivity contribution >= 4 is 6.09 Å². The van der Waals surface area contributed by atoms with Gasteiger partial charge in [-0.1, -0.05) is 0 Å². The molecule has 0 aromatic rings. The summed E-state index contributed by atoms with van der Waals surface area (Å²) >= 11 is 0. The zero-order chi connectivity index (χ0) is 14.7. The summed E-state index contributed by atoms with van der Waals surface area (Å²) in [4.78, 5) is 13.7. The lowest BCUT2D eigenvalue weighted by Crippen LogP contribution is -2.58. The van der Waals surface area contributed by atoms with E-state index in [0.29, 0.717) is 26.2 Å². The van der Waals surface area contributed by atoms with E-state index in [0.717, 1.165) is 0 Å². The number of amides is 1. The highest BCUT2D eigenvalue weighted by molar-refractivity contribution is 5.68. The second-order valence-corrected chi connectivity index (χ2v) is 6.01. The number of rotatable bonds is 3. The topological polar surface area (TPSA) is 74.0 Å². The lowest BCUT2D eigenvalue weighted by Gasteiger charge is -2.41. The van der Waals surface area contributed by atoms with E-state index in [1.807, 2.05) is 27.7 Å². The maximum atomic E-state index is 12.0. The number of hydrogen-bond acceptors (Lipinski definition) is 5. The molecular formula is C13H26N2O4. The minimum atomic E-state index is -0.597. The summed E-state index contributed by atoms with van der Waals surface area (Å²) in [6.45, 7) is 9.17. The lowest BCUT2D eigenvalue weighted by atomic mass is 9.97. The molecule has 0 bridgehead atoms. The van der Waals surface area contributed by atoms with E-state index >= 15 is 0 Å².